The van der Waals surface area contributed by atoms with Crippen LogP contribution in [0, 0.1) is 0 Å². The Hall–Kier alpha value is -1.72. The highest BCUT2D eigenvalue weighted by atomic mass is 19.3. The second-order valence-electron chi connectivity index (χ2n) is 2.35. The highest BCUT2D eigenvalue weighted by Crippen LogP contribution is 2.23. The molecule has 0 amide bonds. The summed E-state index contributed by atoms with van der Waals surface area (Å²) in [7, 11) is 0. The molecule has 70 valence electrons. The third kappa shape index (κ3) is 1.71. The summed E-state index contributed by atoms with van der Waals surface area (Å²) in [6, 6.07) is 0.920. The van der Waals surface area contributed by atoms with Gasteiger partial charge in [-0.05, 0) is 6.07 Å². The lowest BCUT2D eigenvalue weighted by atomic mass is 10.2. The molecule has 0 aliphatic heterocycles. The van der Waals surface area contributed by atoms with Gasteiger partial charge in [-0.15, -0.1) is 0 Å². The van der Waals surface area contributed by atoms with Crippen molar-refractivity contribution < 1.29 is 13.6 Å². The van der Waals surface area contributed by atoms with Crippen LogP contribution in [0.25, 0.3) is 0 Å². The second-order valence-corrected chi connectivity index (χ2v) is 2.35. The highest BCUT2D eigenvalue weighted by molar-refractivity contribution is 5.87. The molecule has 0 spiro atoms. The molecular formula is C7H7F2N3O. The molecule has 1 aromatic heterocycles. The molecule has 0 bridgehead atoms. The second kappa shape index (κ2) is 3.34. The highest BCUT2D eigenvalue weighted by Gasteiger charge is 2.13. The van der Waals surface area contributed by atoms with Gasteiger partial charge in [0.15, 0.2) is 6.29 Å². The fraction of sp³-hybridized carbons (Fsp3) is 0.143. The van der Waals surface area contributed by atoms with E-state index in [-0.39, 0.29) is 17.1 Å². The Bertz CT molecular complexity index is 341. The van der Waals surface area contributed by atoms with Crippen molar-refractivity contribution in [2.24, 2.45) is 0 Å². The van der Waals surface area contributed by atoms with Crippen molar-refractivity contribution in [3.63, 3.8) is 0 Å². The number of hydrogen-bond acceptors (Lipinski definition) is 4. The van der Waals surface area contributed by atoms with Crippen LogP contribution in [-0.4, -0.2) is 11.3 Å². The van der Waals surface area contributed by atoms with Gasteiger partial charge in [-0.3, -0.25) is 4.79 Å². The van der Waals surface area contributed by atoms with Gasteiger partial charge in [-0.2, -0.15) is 0 Å². The van der Waals surface area contributed by atoms with Gasteiger partial charge in [-0.25, -0.2) is 13.8 Å². The monoisotopic (exact) mass is 187 g/mol. The Labute approximate surface area is 72.6 Å². The first-order valence-electron chi connectivity index (χ1n) is 3.35. The van der Waals surface area contributed by atoms with Gasteiger partial charge in [0.2, 0.25) is 0 Å². The SMILES string of the molecule is Nc1nc(C(F)F)cc(C=O)c1N. The smallest absolute Gasteiger partial charge is 0.280 e. The van der Waals surface area contributed by atoms with Crippen LogP contribution in [0.15, 0.2) is 6.07 Å². The Kier molecular flexibility index (Phi) is 2.41. The molecular weight excluding hydrogens is 180 g/mol. The molecule has 0 saturated heterocycles. The van der Waals surface area contributed by atoms with Gasteiger partial charge in [0.1, 0.15) is 11.5 Å². The summed E-state index contributed by atoms with van der Waals surface area (Å²) in [5, 5.41) is 0. The van der Waals surface area contributed by atoms with Gasteiger partial charge >= 0.3 is 0 Å². The minimum atomic E-state index is -2.76. The van der Waals surface area contributed by atoms with E-state index in [0.717, 1.165) is 6.07 Å². The largest absolute Gasteiger partial charge is 0.395 e. The van der Waals surface area contributed by atoms with E-state index in [1.54, 1.807) is 0 Å². The summed E-state index contributed by atoms with van der Waals surface area (Å²) in [6.45, 7) is 0. The Morgan fingerprint density at radius 2 is 2.08 bits per heavy atom. The third-order valence-electron chi connectivity index (χ3n) is 1.49. The number of carbonyl (C=O) groups is 1. The molecule has 0 aromatic carbocycles. The number of carbonyl (C=O) groups excluding carboxylic acids is 1. The van der Waals surface area contributed by atoms with Crippen LogP contribution in [0.4, 0.5) is 20.3 Å². The minimum Gasteiger partial charge on any atom is -0.395 e. The quantitative estimate of drug-likeness (QED) is 0.676. The van der Waals surface area contributed by atoms with Crippen LogP contribution in [0.1, 0.15) is 22.5 Å². The maximum atomic E-state index is 12.1. The van der Waals surface area contributed by atoms with E-state index < -0.39 is 12.1 Å². The number of anilines is 2. The summed E-state index contributed by atoms with van der Waals surface area (Å²) in [5.41, 5.74) is 9.82. The molecule has 1 rings (SSSR count). The van der Waals surface area contributed by atoms with E-state index in [1.807, 2.05) is 0 Å². The maximum absolute atomic E-state index is 12.1. The topological polar surface area (TPSA) is 82.0 Å². The summed E-state index contributed by atoms with van der Waals surface area (Å²) >= 11 is 0. The molecule has 0 unspecified atom stereocenters. The predicted molar refractivity (Wildman–Crippen MR) is 43.4 cm³/mol. The van der Waals surface area contributed by atoms with Crippen molar-refractivity contribution in [2.45, 2.75) is 6.43 Å². The van der Waals surface area contributed by atoms with Crippen LogP contribution >= 0.6 is 0 Å². The number of aldehydes is 1. The van der Waals surface area contributed by atoms with Crippen LogP contribution in [0.5, 0.6) is 0 Å². The number of nitrogens with zero attached hydrogens (tertiary/aromatic N) is 1. The van der Waals surface area contributed by atoms with Crippen LogP contribution < -0.4 is 11.5 Å². The lowest BCUT2D eigenvalue weighted by Gasteiger charge is -2.05. The molecule has 4 N–H and O–H groups in total. The molecule has 13 heavy (non-hydrogen) atoms. The number of nitrogen functional groups attached to an aromatic ring is 2. The van der Waals surface area contributed by atoms with Crippen molar-refractivity contribution in [3.05, 3.63) is 17.3 Å². The van der Waals surface area contributed by atoms with Gasteiger partial charge < -0.3 is 11.5 Å². The summed E-state index contributed by atoms with van der Waals surface area (Å²) in [5.74, 6) is -0.250. The molecule has 0 aliphatic carbocycles. The fourth-order valence-electron chi connectivity index (χ4n) is 0.826. The first-order valence-corrected chi connectivity index (χ1v) is 3.35. The lowest BCUT2D eigenvalue weighted by Crippen LogP contribution is -2.05. The van der Waals surface area contributed by atoms with Crippen molar-refractivity contribution >= 4 is 17.8 Å². The number of rotatable bonds is 2. The average Bonchev–Trinajstić information content (AvgIpc) is 2.09. The van der Waals surface area contributed by atoms with Gasteiger partial charge in [0.25, 0.3) is 6.43 Å². The number of halogens is 2. The first kappa shape index (κ1) is 9.37. The zero-order valence-corrected chi connectivity index (χ0v) is 6.50. The Morgan fingerprint density at radius 1 is 1.46 bits per heavy atom. The third-order valence-corrected chi connectivity index (χ3v) is 1.49. The van der Waals surface area contributed by atoms with E-state index in [1.165, 1.54) is 0 Å². The molecule has 4 nitrogen and oxygen atoms in total. The molecule has 0 saturated carbocycles. The van der Waals surface area contributed by atoms with E-state index >= 15 is 0 Å². The molecule has 6 heteroatoms. The van der Waals surface area contributed by atoms with Crippen molar-refractivity contribution in [2.75, 3.05) is 11.5 Å². The number of alkyl halides is 2. The first-order chi connectivity index (χ1) is 6.06. The van der Waals surface area contributed by atoms with E-state index in [0.29, 0.717) is 6.29 Å². The maximum Gasteiger partial charge on any atom is 0.280 e. The van der Waals surface area contributed by atoms with Crippen molar-refractivity contribution in [3.8, 4) is 0 Å². The standard InChI is InChI=1S/C7H7F2N3O/c8-6(9)4-1-3(2-13)5(10)7(11)12-4/h1-2,6H,10H2,(H2,11,12). The summed E-state index contributed by atoms with van der Waals surface area (Å²) < 4.78 is 24.2. The zero-order valence-electron chi connectivity index (χ0n) is 6.50. The van der Waals surface area contributed by atoms with Gasteiger partial charge in [-0.1, -0.05) is 0 Å². The summed E-state index contributed by atoms with van der Waals surface area (Å²) in [4.78, 5) is 13.7. The molecule has 0 aliphatic rings. The van der Waals surface area contributed by atoms with Crippen molar-refractivity contribution in [1.82, 2.24) is 4.98 Å². The minimum absolute atomic E-state index is 0.0669. The molecule has 0 atom stereocenters. The molecule has 0 fully saturated rings. The normalized spacial score (nSPS) is 10.4. The van der Waals surface area contributed by atoms with Gasteiger partial charge in [0.05, 0.1) is 5.69 Å². The number of pyridine rings is 1. The van der Waals surface area contributed by atoms with Crippen LogP contribution in [0.2, 0.25) is 0 Å². The molecule has 1 heterocycles. The predicted octanol–water partition coefficient (Wildman–Crippen LogP) is 0.996. The average molecular weight is 187 g/mol. The number of hydrogen-bond donors (Lipinski definition) is 2. The lowest BCUT2D eigenvalue weighted by molar-refractivity contribution is 0.112. The zero-order chi connectivity index (χ0) is 10.0. The van der Waals surface area contributed by atoms with E-state index in [4.69, 9.17) is 11.5 Å². The van der Waals surface area contributed by atoms with Crippen LogP contribution in [-0.2, 0) is 0 Å². The Morgan fingerprint density at radius 3 is 2.54 bits per heavy atom. The molecule has 0 radical (unpaired) electrons. The van der Waals surface area contributed by atoms with E-state index in [2.05, 4.69) is 4.98 Å². The number of aromatic nitrogens is 1. The summed E-state index contributed by atoms with van der Waals surface area (Å²) in [6.07, 6.45) is -2.40. The van der Waals surface area contributed by atoms with Gasteiger partial charge in [0, 0.05) is 5.56 Å². The van der Waals surface area contributed by atoms with Crippen molar-refractivity contribution in [1.29, 1.82) is 0 Å². The van der Waals surface area contributed by atoms with Crippen LogP contribution in [0.3, 0.4) is 0 Å². The fourth-order valence-corrected chi connectivity index (χ4v) is 0.826. The van der Waals surface area contributed by atoms with E-state index in [9.17, 15) is 13.6 Å². The Balaban J connectivity index is 3.30. The number of nitrogens with two attached hydrogens (primary N) is 2. The molecule has 1 aromatic rings.